The number of nitrogens with two attached hydrogens (primary N) is 1. The van der Waals surface area contributed by atoms with E-state index in [1.807, 2.05) is 13.0 Å². The summed E-state index contributed by atoms with van der Waals surface area (Å²) in [6.07, 6.45) is 4.28. The van der Waals surface area contributed by atoms with Crippen molar-refractivity contribution >= 4 is 0 Å². The first-order valence-electron chi connectivity index (χ1n) is 3.03. The molecule has 0 aromatic carbocycles. The quantitative estimate of drug-likeness (QED) is 0.526. The molecule has 0 aliphatic heterocycles. The molecule has 0 amide bonds. The van der Waals surface area contributed by atoms with Crippen LogP contribution in [0.4, 0.5) is 4.39 Å². The lowest BCUT2D eigenvalue weighted by Gasteiger charge is -2.11. The van der Waals surface area contributed by atoms with E-state index >= 15 is 0 Å². The number of hydrogen-bond acceptors (Lipinski definition) is 1. The average molecular weight is 127 g/mol. The zero-order valence-corrected chi connectivity index (χ0v) is 5.39. The molecule has 50 valence electrons. The molecule has 0 saturated carbocycles. The number of hydrogen-bond donors (Lipinski definition) is 1. The van der Waals surface area contributed by atoms with Crippen molar-refractivity contribution in [3.8, 4) is 0 Å². The van der Waals surface area contributed by atoms with Crippen LogP contribution in [0.3, 0.4) is 0 Å². The van der Waals surface area contributed by atoms with Crippen LogP contribution in [0.2, 0.25) is 0 Å². The van der Waals surface area contributed by atoms with Crippen molar-refractivity contribution < 1.29 is 4.39 Å². The second kappa shape index (κ2) is 2.21. The molecule has 1 aliphatic carbocycles. The molecule has 1 unspecified atom stereocenters. The summed E-state index contributed by atoms with van der Waals surface area (Å²) in [5.74, 6) is -0.188. The van der Waals surface area contributed by atoms with E-state index in [0.29, 0.717) is 0 Å². The van der Waals surface area contributed by atoms with Gasteiger partial charge in [-0.25, -0.2) is 4.39 Å². The molecular formula is C7H10FN. The van der Waals surface area contributed by atoms with Crippen LogP contribution in [0, 0.1) is 5.92 Å². The summed E-state index contributed by atoms with van der Waals surface area (Å²) >= 11 is 0. The van der Waals surface area contributed by atoms with Gasteiger partial charge in [0.15, 0.2) is 0 Å². The molecule has 1 nitrogen and oxygen atoms in total. The summed E-state index contributed by atoms with van der Waals surface area (Å²) in [6.45, 7) is 1.83. The summed E-state index contributed by atoms with van der Waals surface area (Å²) in [4.78, 5) is 0. The van der Waals surface area contributed by atoms with Crippen LogP contribution in [0.25, 0.3) is 0 Å². The van der Waals surface area contributed by atoms with E-state index in [1.165, 1.54) is 0 Å². The fourth-order valence-corrected chi connectivity index (χ4v) is 0.867. The van der Waals surface area contributed by atoms with E-state index in [1.54, 1.807) is 6.08 Å². The molecule has 0 heterocycles. The molecule has 0 saturated heterocycles. The monoisotopic (exact) mass is 127 g/mol. The van der Waals surface area contributed by atoms with Crippen LogP contribution >= 0.6 is 0 Å². The molecule has 2 N–H and O–H groups in total. The molecule has 0 aromatic rings. The van der Waals surface area contributed by atoms with Crippen molar-refractivity contribution in [2.24, 2.45) is 11.7 Å². The maximum atomic E-state index is 12.7. The molecular weight excluding hydrogens is 117 g/mol. The van der Waals surface area contributed by atoms with Gasteiger partial charge in [-0.15, -0.1) is 0 Å². The molecule has 0 fully saturated rings. The second-order valence-electron chi connectivity index (χ2n) is 2.34. The maximum absolute atomic E-state index is 12.7. The molecule has 0 aromatic heterocycles. The Bertz CT molecular complexity index is 170. The highest BCUT2D eigenvalue weighted by atomic mass is 19.1. The van der Waals surface area contributed by atoms with Crippen molar-refractivity contribution in [1.29, 1.82) is 0 Å². The van der Waals surface area contributed by atoms with Crippen LogP contribution < -0.4 is 5.73 Å². The van der Waals surface area contributed by atoms with Gasteiger partial charge >= 0.3 is 0 Å². The van der Waals surface area contributed by atoms with E-state index in [0.717, 1.165) is 6.42 Å². The molecule has 2 heteroatoms. The molecule has 0 bridgehead atoms. The Kier molecular flexibility index (Phi) is 1.56. The highest BCUT2D eigenvalue weighted by molar-refractivity contribution is 5.24. The zero-order valence-electron chi connectivity index (χ0n) is 5.39. The molecule has 1 aliphatic rings. The first kappa shape index (κ1) is 6.33. The lowest BCUT2D eigenvalue weighted by molar-refractivity contribution is 0.481. The number of rotatable bonds is 0. The van der Waals surface area contributed by atoms with Crippen LogP contribution in [-0.2, 0) is 0 Å². The van der Waals surface area contributed by atoms with Gasteiger partial charge in [0, 0.05) is 5.92 Å². The summed E-state index contributed by atoms with van der Waals surface area (Å²) in [5, 5.41) is 0. The summed E-state index contributed by atoms with van der Waals surface area (Å²) in [6, 6.07) is 0. The highest BCUT2D eigenvalue weighted by Gasteiger charge is 2.12. The van der Waals surface area contributed by atoms with Crippen molar-refractivity contribution in [3.05, 3.63) is 23.7 Å². The predicted octanol–water partition coefficient (Wildman–Crippen LogP) is 1.72. The topological polar surface area (TPSA) is 26.0 Å². The van der Waals surface area contributed by atoms with E-state index in [2.05, 4.69) is 0 Å². The van der Waals surface area contributed by atoms with Gasteiger partial charge in [-0.3, -0.25) is 0 Å². The lowest BCUT2D eigenvalue weighted by Crippen LogP contribution is -2.07. The predicted molar refractivity (Wildman–Crippen MR) is 35.2 cm³/mol. The molecule has 1 atom stereocenters. The van der Waals surface area contributed by atoms with Gasteiger partial charge in [0.25, 0.3) is 0 Å². The number of halogens is 1. The SMILES string of the molecule is CC1CC=CC(N)=C1F. The molecule has 1 rings (SSSR count). The first-order chi connectivity index (χ1) is 4.22. The smallest absolute Gasteiger partial charge is 0.126 e. The standard InChI is InChI=1S/C7H10FN/c1-5-3-2-4-6(9)7(5)8/h2,4-5H,3,9H2,1H3. The van der Waals surface area contributed by atoms with Crippen molar-refractivity contribution in [2.45, 2.75) is 13.3 Å². The Morgan fingerprint density at radius 1 is 1.78 bits per heavy atom. The summed E-state index contributed by atoms with van der Waals surface area (Å²) < 4.78 is 12.7. The van der Waals surface area contributed by atoms with Gasteiger partial charge in [-0.1, -0.05) is 13.0 Å². The minimum absolute atomic E-state index is 0.0185. The van der Waals surface area contributed by atoms with Gasteiger partial charge in [0.05, 0.1) is 5.70 Å². The minimum atomic E-state index is -0.169. The third-order valence-corrected chi connectivity index (χ3v) is 1.50. The average Bonchev–Trinajstić information content (AvgIpc) is 1.83. The van der Waals surface area contributed by atoms with Gasteiger partial charge in [-0.05, 0) is 12.5 Å². The van der Waals surface area contributed by atoms with E-state index in [4.69, 9.17) is 5.73 Å². The van der Waals surface area contributed by atoms with E-state index < -0.39 is 0 Å². The Hall–Kier alpha value is -0.790. The van der Waals surface area contributed by atoms with Crippen molar-refractivity contribution in [2.75, 3.05) is 0 Å². The van der Waals surface area contributed by atoms with Crippen LogP contribution in [0.5, 0.6) is 0 Å². The van der Waals surface area contributed by atoms with Crippen LogP contribution in [0.15, 0.2) is 23.7 Å². The third-order valence-electron chi connectivity index (χ3n) is 1.50. The van der Waals surface area contributed by atoms with Gasteiger partial charge < -0.3 is 5.73 Å². The molecule has 0 spiro atoms. The first-order valence-corrected chi connectivity index (χ1v) is 3.03. The Balaban J connectivity index is 2.83. The van der Waals surface area contributed by atoms with Gasteiger partial charge in [0.2, 0.25) is 0 Å². The normalized spacial score (nSPS) is 27.1. The summed E-state index contributed by atoms with van der Waals surface area (Å²) in [5.41, 5.74) is 5.57. The Morgan fingerprint density at radius 2 is 2.44 bits per heavy atom. The van der Waals surface area contributed by atoms with Crippen molar-refractivity contribution in [3.63, 3.8) is 0 Å². The van der Waals surface area contributed by atoms with Gasteiger partial charge in [0.1, 0.15) is 5.83 Å². The maximum Gasteiger partial charge on any atom is 0.126 e. The van der Waals surface area contributed by atoms with E-state index in [9.17, 15) is 4.39 Å². The fourth-order valence-electron chi connectivity index (χ4n) is 0.867. The minimum Gasteiger partial charge on any atom is -0.397 e. The number of allylic oxidation sites excluding steroid dienone is 3. The van der Waals surface area contributed by atoms with Gasteiger partial charge in [-0.2, -0.15) is 0 Å². The Labute approximate surface area is 54.0 Å². The van der Waals surface area contributed by atoms with E-state index in [-0.39, 0.29) is 17.4 Å². The second-order valence-corrected chi connectivity index (χ2v) is 2.34. The largest absolute Gasteiger partial charge is 0.397 e. The van der Waals surface area contributed by atoms with Crippen molar-refractivity contribution in [1.82, 2.24) is 0 Å². The van der Waals surface area contributed by atoms with Crippen LogP contribution in [0.1, 0.15) is 13.3 Å². The zero-order chi connectivity index (χ0) is 6.85. The molecule has 9 heavy (non-hydrogen) atoms. The summed E-state index contributed by atoms with van der Waals surface area (Å²) in [7, 11) is 0. The third kappa shape index (κ3) is 1.12. The molecule has 0 radical (unpaired) electrons. The van der Waals surface area contributed by atoms with Crippen LogP contribution in [-0.4, -0.2) is 0 Å². The fraction of sp³-hybridized carbons (Fsp3) is 0.429. The highest BCUT2D eigenvalue weighted by Crippen LogP contribution is 2.22. The Morgan fingerprint density at radius 3 is 2.89 bits per heavy atom. The lowest BCUT2D eigenvalue weighted by atomic mass is 10.0.